The Morgan fingerprint density at radius 1 is 1.32 bits per heavy atom. The van der Waals surface area contributed by atoms with E-state index >= 15 is 0 Å². The lowest BCUT2D eigenvalue weighted by Crippen LogP contribution is -2.56. The zero-order chi connectivity index (χ0) is 19.8. The van der Waals surface area contributed by atoms with Crippen LogP contribution in [0.1, 0.15) is 44.2 Å². The van der Waals surface area contributed by atoms with Crippen molar-refractivity contribution in [2.24, 2.45) is 0 Å². The van der Waals surface area contributed by atoms with Gasteiger partial charge in [0.2, 0.25) is 0 Å². The van der Waals surface area contributed by atoms with Crippen LogP contribution in [0, 0.1) is 0 Å². The quantitative estimate of drug-likeness (QED) is 0.745. The fraction of sp³-hybridized carbons (Fsp3) is 0.591. The first-order valence-corrected chi connectivity index (χ1v) is 11.6. The van der Waals surface area contributed by atoms with Gasteiger partial charge in [-0.2, -0.15) is 0 Å². The second-order valence-electron chi connectivity index (χ2n) is 8.02. The van der Waals surface area contributed by atoms with Crippen LogP contribution in [-0.2, 0) is 6.42 Å². The van der Waals surface area contributed by atoms with E-state index in [0.29, 0.717) is 12.0 Å². The molecule has 6 heteroatoms. The van der Waals surface area contributed by atoms with Gasteiger partial charge in [0.05, 0.1) is 0 Å². The summed E-state index contributed by atoms with van der Waals surface area (Å²) in [5.41, 5.74) is 4.20. The van der Waals surface area contributed by atoms with Gasteiger partial charge in [0.15, 0.2) is 0 Å². The molecule has 0 radical (unpaired) electrons. The standard InChI is InChI=1S/C22H32N4OS/c1-5-26(6-2)22(27)24-15-11-16-18(25(4)13-15)10-14-12-23-17-8-9-19(28-7-3)21(16)20(14)17/h8-9,12,15-16,18,23H,5-7,10-11,13H2,1-4H3,(H,24,27)/t15-,16?,18+/m0/s1. The molecule has 0 saturated carbocycles. The number of hydrogen-bond donors (Lipinski definition) is 2. The molecule has 1 aromatic carbocycles. The van der Waals surface area contributed by atoms with Crippen LogP contribution < -0.4 is 5.32 Å². The Morgan fingerprint density at radius 3 is 2.82 bits per heavy atom. The largest absolute Gasteiger partial charge is 0.361 e. The predicted molar refractivity (Wildman–Crippen MR) is 117 cm³/mol. The summed E-state index contributed by atoms with van der Waals surface area (Å²) in [6.45, 7) is 8.71. The van der Waals surface area contributed by atoms with Crippen molar-refractivity contribution in [3.05, 3.63) is 29.5 Å². The number of urea groups is 1. The average molecular weight is 401 g/mol. The number of piperidine rings is 1. The second-order valence-corrected chi connectivity index (χ2v) is 9.32. The van der Waals surface area contributed by atoms with Gasteiger partial charge >= 0.3 is 6.03 Å². The molecule has 1 fully saturated rings. The van der Waals surface area contributed by atoms with E-state index in [4.69, 9.17) is 0 Å². The number of aromatic nitrogens is 1. The van der Waals surface area contributed by atoms with Crippen LogP contribution in [0.3, 0.4) is 0 Å². The normalized spacial score (nSPS) is 24.2. The molecule has 3 atom stereocenters. The summed E-state index contributed by atoms with van der Waals surface area (Å²) >= 11 is 1.94. The Morgan fingerprint density at radius 2 is 2.11 bits per heavy atom. The van der Waals surface area contributed by atoms with Crippen LogP contribution in [0.25, 0.3) is 10.9 Å². The molecule has 28 heavy (non-hydrogen) atoms. The first kappa shape index (κ1) is 19.6. The van der Waals surface area contributed by atoms with Gasteiger partial charge in [-0.25, -0.2) is 4.79 Å². The molecule has 1 unspecified atom stereocenters. The highest BCUT2D eigenvalue weighted by Crippen LogP contribution is 2.46. The van der Waals surface area contributed by atoms with Crippen LogP contribution in [0.5, 0.6) is 0 Å². The first-order chi connectivity index (χ1) is 13.6. The van der Waals surface area contributed by atoms with Crippen molar-refractivity contribution in [3.63, 3.8) is 0 Å². The van der Waals surface area contributed by atoms with Gasteiger partial charge in [0.25, 0.3) is 0 Å². The van der Waals surface area contributed by atoms with E-state index < -0.39 is 0 Å². The lowest BCUT2D eigenvalue weighted by atomic mass is 9.74. The lowest BCUT2D eigenvalue weighted by Gasteiger charge is -2.46. The van der Waals surface area contributed by atoms with Gasteiger partial charge in [-0.15, -0.1) is 11.8 Å². The van der Waals surface area contributed by atoms with Crippen LogP contribution in [-0.4, -0.2) is 65.3 Å². The molecule has 5 nitrogen and oxygen atoms in total. The van der Waals surface area contributed by atoms with Crippen molar-refractivity contribution in [2.45, 2.75) is 56.5 Å². The van der Waals surface area contributed by atoms with E-state index in [0.717, 1.165) is 38.2 Å². The smallest absolute Gasteiger partial charge is 0.317 e. The number of thioether (sulfide) groups is 1. The van der Waals surface area contributed by atoms with Crippen LogP contribution >= 0.6 is 11.8 Å². The number of amides is 2. The minimum absolute atomic E-state index is 0.0707. The number of carbonyl (C=O) groups excluding carboxylic acids is 1. The number of carbonyl (C=O) groups is 1. The van der Waals surface area contributed by atoms with Gasteiger partial charge in [-0.05, 0) is 62.7 Å². The number of likely N-dealkylation sites (N-methyl/N-ethyl adjacent to an activating group) is 1. The summed E-state index contributed by atoms with van der Waals surface area (Å²) in [4.78, 5) is 21.9. The van der Waals surface area contributed by atoms with Crippen molar-refractivity contribution < 1.29 is 4.79 Å². The zero-order valence-corrected chi connectivity index (χ0v) is 18.2. The molecule has 1 saturated heterocycles. The molecule has 2 amide bonds. The minimum atomic E-state index is 0.0707. The maximum atomic E-state index is 12.6. The molecular weight excluding hydrogens is 368 g/mol. The number of benzene rings is 1. The summed E-state index contributed by atoms with van der Waals surface area (Å²) in [6, 6.07) is 5.28. The SMILES string of the molecule is CCSc1ccc2[nH]cc3c2c1C1C[C@H](NC(=O)N(CC)CC)CN(C)[C@@H]1C3. The number of nitrogens with one attached hydrogen (secondary N) is 2. The van der Waals surface area contributed by atoms with Gasteiger partial charge in [0.1, 0.15) is 0 Å². The van der Waals surface area contributed by atoms with E-state index in [1.54, 1.807) is 0 Å². The Hall–Kier alpha value is -1.66. The van der Waals surface area contributed by atoms with E-state index in [9.17, 15) is 4.79 Å². The van der Waals surface area contributed by atoms with E-state index in [1.807, 2.05) is 30.5 Å². The minimum Gasteiger partial charge on any atom is -0.361 e. The Kier molecular flexibility index (Phi) is 5.61. The third kappa shape index (κ3) is 3.30. The maximum absolute atomic E-state index is 12.6. The van der Waals surface area contributed by atoms with Crippen LogP contribution in [0.15, 0.2) is 23.2 Å². The zero-order valence-electron chi connectivity index (χ0n) is 17.4. The molecule has 152 valence electrons. The summed E-state index contributed by atoms with van der Waals surface area (Å²) in [7, 11) is 2.22. The van der Waals surface area contributed by atoms with Gasteiger partial charge in [0, 0.05) is 59.6 Å². The lowest BCUT2D eigenvalue weighted by molar-refractivity contribution is 0.123. The highest BCUT2D eigenvalue weighted by Gasteiger charge is 2.41. The fourth-order valence-electron chi connectivity index (χ4n) is 5.16. The van der Waals surface area contributed by atoms with Crippen molar-refractivity contribution in [1.29, 1.82) is 0 Å². The highest BCUT2D eigenvalue weighted by atomic mass is 32.2. The summed E-state index contributed by atoms with van der Waals surface area (Å²) < 4.78 is 0. The summed E-state index contributed by atoms with van der Waals surface area (Å²) in [5.74, 6) is 1.54. The summed E-state index contributed by atoms with van der Waals surface area (Å²) in [5, 5.41) is 4.75. The third-order valence-corrected chi connectivity index (χ3v) is 7.44. The monoisotopic (exact) mass is 400 g/mol. The second kappa shape index (κ2) is 7.99. The number of fused-ring (bicyclic) bond motifs is 2. The molecule has 2 aliphatic rings. The number of aromatic amines is 1. The Balaban J connectivity index is 1.67. The van der Waals surface area contributed by atoms with E-state index in [2.05, 4.69) is 47.5 Å². The number of H-pyrrole nitrogens is 1. The Bertz CT molecular complexity index is 860. The van der Waals surface area contributed by atoms with Gasteiger partial charge in [-0.1, -0.05) is 6.92 Å². The molecule has 1 aliphatic heterocycles. The van der Waals surface area contributed by atoms with Crippen molar-refractivity contribution in [2.75, 3.05) is 32.4 Å². The highest BCUT2D eigenvalue weighted by molar-refractivity contribution is 7.99. The molecule has 0 bridgehead atoms. The molecule has 1 aromatic heterocycles. The molecule has 1 aliphatic carbocycles. The van der Waals surface area contributed by atoms with Crippen molar-refractivity contribution >= 4 is 28.7 Å². The number of hydrogen-bond acceptors (Lipinski definition) is 3. The topological polar surface area (TPSA) is 51.4 Å². The van der Waals surface area contributed by atoms with Crippen LogP contribution in [0.2, 0.25) is 0 Å². The number of nitrogens with zero attached hydrogens (tertiary/aromatic N) is 2. The molecule has 2 heterocycles. The molecule has 4 rings (SSSR count). The molecule has 2 aromatic rings. The fourth-order valence-corrected chi connectivity index (χ4v) is 6.04. The predicted octanol–water partition coefficient (Wildman–Crippen LogP) is 4.04. The van der Waals surface area contributed by atoms with Crippen molar-refractivity contribution in [3.8, 4) is 0 Å². The first-order valence-electron chi connectivity index (χ1n) is 10.6. The number of likely N-dealkylation sites (tertiary alicyclic amines) is 1. The maximum Gasteiger partial charge on any atom is 0.317 e. The van der Waals surface area contributed by atoms with Gasteiger partial charge in [-0.3, -0.25) is 0 Å². The average Bonchev–Trinajstić information content (AvgIpc) is 3.09. The molecule has 2 N–H and O–H groups in total. The summed E-state index contributed by atoms with van der Waals surface area (Å²) in [6.07, 6.45) is 4.31. The van der Waals surface area contributed by atoms with E-state index in [-0.39, 0.29) is 12.1 Å². The van der Waals surface area contributed by atoms with Crippen LogP contribution in [0.4, 0.5) is 4.79 Å². The van der Waals surface area contributed by atoms with Gasteiger partial charge < -0.3 is 20.1 Å². The third-order valence-electron chi connectivity index (χ3n) is 6.48. The van der Waals surface area contributed by atoms with Crippen molar-refractivity contribution in [1.82, 2.24) is 20.1 Å². The molecule has 0 spiro atoms. The van der Waals surface area contributed by atoms with E-state index in [1.165, 1.54) is 26.9 Å². The number of rotatable bonds is 5. The molecular formula is C22H32N4OS. The Labute approximate surface area is 172 Å².